The number of carbonyl (C=O) groups excluding carboxylic acids is 2. The van der Waals surface area contributed by atoms with E-state index in [-0.39, 0.29) is 17.9 Å². The minimum Gasteiger partial charge on any atom is -0.497 e. The number of methoxy groups -OCH3 is 2. The van der Waals surface area contributed by atoms with Crippen LogP contribution in [0.1, 0.15) is 12.0 Å². The van der Waals surface area contributed by atoms with Crippen LogP contribution >= 0.6 is 0 Å². The first-order chi connectivity index (χ1) is 12.1. The molecule has 2 saturated heterocycles. The average Bonchev–Trinajstić information content (AvgIpc) is 2.85. The Kier molecular flexibility index (Phi) is 5.43. The summed E-state index contributed by atoms with van der Waals surface area (Å²) >= 11 is 0. The molecule has 1 N–H and O–H groups in total. The van der Waals surface area contributed by atoms with Gasteiger partial charge in [0, 0.05) is 38.8 Å². The van der Waals surface area contributed by atoms with E-state index in [1.807, 2.05) is 17.0 Å². The molecular weight excluding hydrogens is 322 g/mol. The first-order valence-electron chi connectivity index (χ1n) is 8.62. The number of hydrogen-bond donors (Lipinski definition) is 1. The lowest BCUT2D eigenvalue weighted by Gasteiger charge is -2.32. The second-order valence-electron chi connectivity index (χ2n) is 6.41. The summed E-state index contributed by atoms with van der Waals surface area (Å²) in [6, 6.07) is 5.39. The lowest BCUT2D eigenvalue weighted by Crippen LogP contribution is -2.55. The normalized spacial score (nSPS) is 21.1. The van der Waals surface area contributed by atoms with E-state index in [4.69, 9.17) is 9.47 Å². The van der Waals surface area contributed by atoms with Crippen molar-refractivity contribution in [3.8, 4) is 11.5 Å². The Balaban J connectivity index is 1.66. The highest BCUT2D eigenvalue weighted by Gasteiger charge is 2.33. The van der Waals surface area contributed by atoms with Gasteiger partial charge in [-0.2, -0.15) is 0 Å². The molecule has 2 aliphatic heterocycles. The Hall–Kier alpha value is -2.28. The standard InChI is InChI=1S/C18H25N3O4/c1-24-14-9-13(10-15(12-14)25-2)11-17(22)21-5-3-16-18(23)19-4-6-20(16)7-8-21/h9-10,12,16H,3-8,11H2,1-2H3,(H,19,23). The number of nitrogens with zero attached hydrogens (tertiary/aromatic N) is 2. The molecule has 0 bridgehead atoms. The topological polar surface area (TPSA) is 71.1 Å². The summed E-state index contributed by atoms with van der Waals surface area (Å²) in [6.45, 7) is 3.54. The maximum absolute atomic E-state index is 12.7. The van der Waals surface area contributed by atoms with E-state index < -0.39 is 0 Å². The summed E-state index contributed by atoms with van der Waals surface area (Å²) in [5, 5.41) is 2.91. The number of benzene rings is 1. The predicted octanol–water partition coefficient (Wildman–Crippen LogP) is 0.279. The molecule has 0 aromatic heterocycles. The SMILES string of the molecule is COc1cc(CC(=O)N2CCC3C(=O)NCCN3CC2)cc(OC)c1. The third-order valence-corrected chi connectivity index (χ3v) is 4.89. The van der Waals surface area contributed by atoms with Crippen molar-refractivity contribution in [2.45, 2.75) is 18.9 Å². The molecule has 0 spiro atoms. The zero-order valence-corrected chi connectivity index (χ0v) is 14.8. The fraction of sp³-hybridized carbons (Fsp3) is 0.556. The fourth-order valence-corrected chi connectivity index (χ4v) is 3.49. The van der Waals surface area contributed by atoms with Crippen molar-refractivity contribution < 1.29 is 19.1 Å². The highest BCUT2D eigenvalue weighted by Crippen LogP contribution is 2.23. The van der Waals surface area contributed by atoms with Crippen molar-refractivity contribution in [2.75, 3.05) is 46.9 Å². The van der Waals surface area contributed by atoms with Gasteiger partial charge in [-0.25, -0.2) is 0 Å². The molecule has 0 radical (unpaired) electrons. The largest absolute Gasteiger partial charge is 0.497 e. The Bertz CT molecular complexity index is 627. The molecule has 1 unspecified atom stereocenters. The Morgan fingerprint density at radius 1 is 1.12 bits per heavy atom. The third-order valence-electron chi connectivity index (χ3n) is 4.89. The van der Waals surface area contributed by atoms with Gasteiger partial charge in [0.25, 0.3) is 0 Å². The zero-order valence-electron chi connectivity index (χ0n) is 14.8. The quantitative estimate of drug-likeness (QED) is 0.847. The highest BCUT2D eigenvalue weighted by molar-refractivity contribution is 5.83. The molecular formula is C18H25N3O4. The van der Waals surface area contributed by atoms with Crippen molar-refractivity contribution in [1.29, 1.82) is 0 Å². The minimum absolute atomic E-state index is 0.0653. The van der Waals surface area contributed by atoms with Crippen molar-refractivity contribution in [2.24, 2.45) is 0 Å². The van der Waals surface area contributed by atoms with Crippen LogP contribution in [0.3, 0.4) is 0 Å². The lowest BCUT2D eigenvalue weighted by molar-refractivity contribution is -0.131. The molecule has 2 amide bonds. The van der Waals surface area contributed by atoms with E-state index in [0.717, 1.165) is 18.7 Å². The monoisotopic (exact) mass is 347 g/mol. The van der Waals surface area contributed by atoms with Gasteiger partial charge in [0.15, 0.2) is 0 Å². The summed E-state index contributed by atoms with van der Waals surface area (Å²) in [5.41, 5.74) is 0.862. The molecule has 2 heterocycles. The smallest absolute Gasteiger partial charge is 0.237 e. The summed E-state index contributed by atoms with van der Waals surface area (Å²) in [5.74, 6) is 1.49. The first kappa shape index (κ1) is 17.5. The number of fused-ring (bicyclic) bond motifs is 1. The summed E-state index contributed by atoms with van der Waals surface area (Å²) in [4.78, 5) is 28.8. The summed E-state index contributed by atoms with van der Waals surface area (Å²) in [7, 11) is 3.19. The van der Waals surface area contributed by atoms with E-state index in [2.05, 4.69) is 10.2 Å². The van der Waals surface area contributed by atoms with E-state index >= 15 is 0 Å². The molecule has 7 nitrogen and oxygen atoms in total. The number of hydrogen-bond acceptors (Lipinski definition) is 5. The van der Waals surface area contributed by atoms with Crippen molar-refractivity contribution in [3.05, 3.63) is 23.8 Å². The van der Waals surface area contributed by atoms with Gasteiger partial charge in [0.2, 0.25) is 11.8 Å². The third kappa shape index (κ3) is 4.04. The molecule has 2 fully saturated rings. The predicted molar refractivity (Wildman–Crippen MR) is 92.8 cm³/mol. The number of rotatable bonds is 4. The molecule has 2 aliphatic rings. The number of carbonyl (C=O) groups is 2. The van der Waals surface area contributed by atoms with E-state index in [0.29, 0.717) is 44.0 Å². The molecule has 1 aromatic carbocycles. The van der Waals surface area contributed by atoms with Gasteiger partial charge >= 0.3 is 0 Å². The average molecular weight is 347 g/mol. The van der Waals surface area contributed by atoms with Crippen LogP contribution in [0.5, 0.6) is 11.5 Å². The molecule has 136 valence electrons. The van der Waals surface area contributed by atoms with Gasteiger partial charge in [0.1, 0.15) is 11.5 Å². The van der Waals surface area contributed by atoms with Gasteiger partial charge in [-0.3, -0.25) is 14.5 Å². The molecule has 0 aliphatic carbocycles. The van der Waals surface area contributed by atoms with Gasteiger partial charge < -0.3 is 19.7 Å². The Labute approximate surface area is 147 Å². The Morgan fingerprint density at radius 3 is 2.52 bits per heavy atom. The van der Waals surface area contributed by atoms with Crippen molar-refractivity contribution in [1.82, 2.24) is 15.1 Å². The zero-order chi connectivity index (χ0) is 17.8. The maximum atomic E-state index is 12.7. The minimum atomic E-state index is -0.108. The van der Waals surface area contributed by atoms with Crippen LogP contribution in [-0.4, -0.2) is 74.6 Å². The van der Waals surface area contributed by atoms with Gasteiger partial charge in [-0.15, -0.1) is 0 Å². The van der Waals surface area contributed by atoms with Crippen LogP contribution in [0.2, 0.25) is 0 Å². The van der Waals surface area contributed by atoms with Crippen LogP contribution in [0.25, 0.3) is 0 Å². The van der Waals surface area contributed by atoms with Crippen molar-refractivity contribution in [3.63, 3.8) is 0 Å². The van der Waals surface area contributed by atoms with E-state index in [1.54, 1.807) is 20.3 Å². The van der Waals surface area contributed by atoms with Gasteiger partial charge in [-0.1, -0.05) is 0 Å². The fourth-order valence-electron chi connectivity index (χ4n) is 3.49. The molecule has 3 rings (SSSR count). The number of nitrogens with one attached hydrogen (secondary N) is 1. The van der Waals surface area contributed by atoms with Crippen LogP contribution in [0.15, 0.2) is 18.2 Å². The Morgan fingerprint density at radius 2 is 1.84 bits per heavy atom. The second-order valence-corrected chi connectivity index (χ2v) is 6.41. The van der Waals surface area contributed by atoms with Crippen LogP contribution < -0.4 is 14.8 Å². The lowest BCUT2D eigenvalue weighted by atomic mass is 10.1. The van der Waals surface area contributed by atoms with Crippen LogP contribution in [-0.2, 0) is 16.0 Å². The molecule has 25 heavy (non-hydrogen) atoms. The number of amides is 2. The summed E-state index contributed by atoms with van der Waals surface area (Å²) in [6.07, 6.45) is 0.976. The van der Waals surface area contributed by atoms with Crippen molar-refractivity contribution >= 4 is 11.8 Å². The summed E-state index contributed by atoms with van der Waals surface area (Å²) < 4.78 is 10.5. The number of ether oxygens (including phenoxy) is 2. The van der Waals surface area contributed by atoms with Gasteiger partial charge in [-0.05, 0) is 24.1 Å². The van der Waals surface area contributed by atoms with Gasteiger partial charge in [0.05, 0.1) is 26.7 Å². The maximum Gasteiger partial charge on any atom is 0.237 e. The second kappa shape index (κ2) is 7.74. The molecule has 0 saturated carbocycles. The molecule has 1 aromatic rings. The van der Waals surface area contributed by atoms with E-state index in [9.17, 15) is 9.59 Å². The van der Waals surface area contributed by atoms with Crippen LogP contribution in [0.4, 0.5) is 0 Å². The highest BCUT2D eigenvalue weighted by atomic mass is 16.5. The molecule has 1 atom stereocenters. The first-order valence-corrected chi connectivity index (χ1v) is 8.62. The van der Waals surface area contributed by atoms with E-state index in [1.165, 1.54) is 0 Å². The molecule has 7 heteroatoms. The van der Waals surface area contributed by atoms with Crippen LogP contribution in [0, 0.1) is 0 Å². The number of piperazine rings is 1.